The number of ketones is 1. The summed E-state index contributed by atoms with van der Waals surface area (Å²) in [4.78, 5) is 25.8. The molecular formula is C35H49F3N6O2. The molecule has 2 aromatic heterocycles. The minimum absolute atomic E-state index is 0.0313. The number of anilines is 3. The molecule has 3 N–H and O–H groups in total. The van der Waals surface area contributed by atoms with E-state index in [4.69, 9.17) is 4.74 Å². The number of ether oxygens (including phenoxy) is 1. The molecule has 2 aromatic carbocycles. The van der Waals surface area contributed by atoms with E-state index in [0.29, 0.717) is 18.6 Å². The largest absolute Gasteiger partial charge is 0.435 e. The first-order valence-electron chi connectivity index (χ1n) is 15.5. The third-order valence-corrected chi connectivity index (χ3v) is 6.22. The summed E-state index contributed by atoms with van der Waals surface area (Å²) in [6, 6.07) is 10.2. The fraction of sp³-hybridized carbons (Fsp3) is 0.400. The van der Waals surface area contributed by atoms with Crippen molar-refractivity contribution in [1.82, 2.24) is 20.3 Å². The number of halogens is 3. The second-order valence-electron chi connectivity index (χ2n) is 9.75. The first-order valence-corrected chi connectivity index (χ1v) is 15.5. The fourth-order valence-electron chi connectivity index (χ4n) is 4.19. The highest BCUT2D eigenvalue weighted by molar-refractivity contribution is 6.01. The van der Waals surface area contributed by atoms with Crippen LogP contribution in [-0.2, 0) is 0 Å². The van der Waals surface area contributed by atoms with Crippen molar-refractivity contribution in [3.05, 3.63) is 77.8 Å². The molecule has 0 atom stereocenters. The van der Waals surface area contributed by atoms with Crippen LogP contribution in [0, 0.1) is 18.6 Å². The Morgan fingerprint density at radius 3 is 2.15 bits per heavy atom. The monoisotopic (exact) mass is 642 g/mol. The number of alkyl halides is 1. The number of aryl methyl sites for hydroxylation is 1. The van der Waals surface area contributed by atoms with Crippen LogP contribution >= 0.6 is 0 Å². The molecule has 11 heteroatoms. The maximum atomic E-state index is 15.1. The van der Waals surface area contributed by atoms with E-state index in [9.17, 15) is 13.6 Å². The van der Waals surface area contributed by atoms with Gasteiger partial charge in [-0.15, -0.1) is 0 Å². The molecule has 1 aliphatic heterocycles. The highest BCUT2D eigenvalue weighted by Crippen LogP contribution is 2.35. The van der Waals surface area contributed by atoms with E-state index >= 15 is 4.39 Å². The minimum Gasteiger partial charge on any atom is -0.435 e. The minimum atomic E-state index is -0.753. The van der Waals surface area contributed by atoms with Crippen molar-refractivity contribution < 1.29 is 22.7 Å². The Hall–Kier alpha value is -4.38. The number of carbonyl (C=O) groups is 1. The lowest BCUT2D eigenvalue weighted by Gasteiger charge is -2.29. The van der Waals surface area contributed by atoms with E-state index in [0.717, 1.165) is 37.9 Å². The molecule has 0 saturated carbocycles. The Bertz CT molecular complexity index is 1500. The molecule has 8 nitrogen and oxygen atoms in total. The van der Waals surface area contributed by atoms with Gasteiger partial charge in [0.05, 0.1) is 12.7 Å². The third-order valence-electron chi connectivity index (χ3n) is 6.22. The molecular weight excluding hydrogens is 593 g/mol. The Kier molecular flexibility index (Phi) is 18.4. The van der Waals surface area contributed by atoms with Crippen molar-refractivity contribution in [2.75, 3.05) is 43.6 Å². The number of rotatable bonds is 6. The summed E-state index contributed by atoms with van der Waals surface area (Å²) in [6.07, 6.45) is 6.45. The van der Waals surface area contributed by atoms with E-state index < -0.39 is 11.6 Å². The van der Waals surface area contributed by atoms with Gasteiger partial charge < -0.3 is 25.3 Å². The average Bonchev–Trinajstić information content (AvgIpc) is 3.49. The molecule has 1 fully saturated rings. The highest BCUT2D eigenvalue weighted by atomic mass is 19.1. The SMILES string of the molecule is C/C=C/C.CC.CC(=O)c1c(Nc2ccc(N3CCNCC3)cc2)ncnc1Oc1cc(F)c2[nH]c(C)cc2c1F.CCC.CF. The predicted molar refractivity (Wildman–Crippen MR) is 185 cm³/mol. The summed E-state index contributed by atoms with van der Waals surface area (Å²) in [5, 5.41) is 6.49. The molecule has 0 spiro atoms. The molecule has 46 heavy (non-hydrogen) atoms. The molecule has 0 aliphatic carbocycles. The van der Waals surface area contributed by atoms with Crippen molar-refractivity contribution in [2.24, 2.45) is 0 Å². The lowest BCUT2D eigenvalue weighted by molar-refractivity contribution is 0.101. The maximum absolute atomic E-state index is 15.1. The van der Waals surface area contributed by atoms with E-state index in [1.807, 2.05) is 64.1 Å². The fourth-order valence-corrected chi connectivity index (χ4v) is 4.19. The van der Waals surface area contributed by atoms with Crippen LogP contribution in [0.5, 0.6) is 11.6 Å². The number of hydrogen-bond acceptors (Lipinski definition) is 7. The zero-order valence-corrected chi connectivity index (χ0v) is 28.5. The van der Waals surface area contributed by atoms with Crippen LogP contribution < -0.4 is 20.3 Å². The van der Waals surface area contributed by atoms with Gasteiger partial charge in [-0.2, -0.15) is 0 Å². The molecule has 1 aliphatic rings. The van der Waals surface area contributed by atoms with Crippen molar-refractivity contribution >= 4 is 33.9 Å². The Labute approximate surface area is 271 Å². The first kappa shape index (κ1) is 39.6. The number of carbonyl (C=O) groups excluding carboxylic acids is 1. The van der Waals surface area contributed by atoms with E-state index in [1.165, 1.54) is 25.7 Å². The number of benzene rings is 2. The van der Waals surface area contributed by atoms with Crippen LogP contribution in [0.1, 0.15) is 70.9 Å². The van der Waals surface area contributed by atoms with Gasteiger partial charge in [-0.1, -0.05) is 46.3 Å². The number of aromatic nitrogens is 3. The number of nitrogens with one attached hydrogen (secondary N) is 3. The number of nitrogens with zero attached hydrogens (tertiary/aromatic N) is 3. The first-order chi connectivity index (χ1) is 22.2. The number of aromatic amines is 1. The smallest absolute Gasteiger partial charge is 0.235 e. The van der Waals surface area contributed by atoms with E-state index in [1.54, 1.807) is 6.92 Å². The van der Waals surface area contributed by atoms with Crippen molar-refractivity contribution in [2.45, 2.75) is 61.8 Å². The van der Waals surface area contributed by atoms with Crippen molar-refractivity contribution in [3.63, 3.8) is 0 Å². The van der Waals surface area contributed by atoms with Gasteiger partial charge in [0.2, 0.25) is 5.88 Å². The lowest BCUT2D eigenvalue weighted by Crippen LogP contribution is -2.43. The summed E-state index contributed by atoms with van der Waals surface area (Å²) in [5.41, 5.74) is 2.49. The van der Waals surface area contributed by atoms with Gasteiger partial charge >= 0.3 is 0 Å². The molecule has 0 radical (unpaired) electrons. The normalized spacial score (nSPS) is 12.0. The molecule has 252 valence electrons. The Morgan fingerprint density at radius 1 is 1.02 bits per heavy atom. The zero-order valence-electron chi connectivity index (χ0n) is 28.5. The summed E-state index contributed by atoms with van der Waals surface area (Å²) >= 11 is 0. The molecule has 0 bridgehead atoms. The summed E-state index contributed by atoms with van der Waals surface area (Å²) in [6.45, 7) is 19.0. The molecule has 0 unspecified atom stereocenters. The van der Waals surface area contributed by atoms with E-state index in [-0.39, 0.29) is 39.7 Å². The lowest BCUT2D eigenvalue weighted by atomic mass is 10.2. The Morgan fingerprint density at radius 2 is 1.61 bits per heavy atom. The van der Waals surface area contributed by atoms with Crippen molar-refractivity contribution in [3.8, 4) is 11.6 Å². The van der Waals surface area contributed by atoms with Gasteiger partial charge in [0.25, 0.3) is 0 Å². The topological polar surface area (TPSA) is 95.2 Å². The van der Waals surface area contributed by atoms with Gasteiger partial charge in [0.15, 0.2) is 23.2 Å². The van der Waals surface area contributed by atoms with Gasteiger partial charge in [0.1, 0.15) is 17.7 Å². The van der Waals surface area contributed by atoms with Crippen LogP contribution in [0.3, 0.4) is 0 Å². The van der Waals surface area contributed by atoms with Gasteiger partial charge in [-0.05, 0) is 58.0 Å². The molecule has 3 heterocycles. The summed E-state index contributed by atoms with van der Waals surface area (Å²) in [7, 11) is 0.500. The van der Waals surface area contributed by atoms with Gasteiger partial charge in [0, 0.05) is 54.7 Å². The van der Waals surface area contributed by atoms with Gasteiger partial charge in [-0.25, -0.2) is 18.7 Å². The van der Waals surface area contributed by atoms with Crippen LogP contribution in [0.25, 0.3) is 10.9 Å². The van der Waals surface area contributed by atoms with Crippen LogP contribution in [0.2, 0.25) is 0 Å². The van der Waals surface area contributed by atoms with Crippen LogP contribution in [-0.4, -0.2) is 54.1 Å². The van der Waals surface area contributed by atoms with E-state index in [2.05, 4.69) is 44.3 Å². The van der Waals surface area contributed by atoms with Crippen molar-refractivity contribution in [1.29, 1.82) is 0 Å². The zero-order chi connectivity index (χ0) is 34.6. The second kappa shape index (κ2) is 21.4. The quantitative estimate of drug-likeness (QED) is 0.143. The standard InChI is InChI=1S/C25H24F2N6O2.C4H8.C3H8.C2H6.CH3F/c1-14-11-18-22(27)20(12-19(26)23(18)31-14)35-25-21(15(2)34)24(29-13-30-25)32-16-3-5-17(6-4-16)33-9-7-28-8-10-33;1-3-4-2;1-3-2;2*1-2/h3-6,11-13,28,31H,7-10H2,1-2H3,(H,29,30,32);3-4H,1-2H3;3H2,1-2H3;1-2H3;1H3/b;4-3+;;;. The number of H-pyrrole nitrogens is 1. The summed E-state index contributed by atoms with van der Waals surface area (Å²) in [5.74, 6) is -2.15. The Balaban J connectivity index is 0.000000853. The molecule has 1 saturated heterocycles. The second-order valence-corrected chi connectivity index (χ2v) is 9.75. The number of piperazine rings is 1. The number of fused-ring (bicyclic) bond motifs is 1. The third kappa shape index (κ3) is 11.2. The average molecular weight is 643 g/mol. The van der Waals surface area contributed by atoms with Gasteiger partial charge in [-0.3, -0.25) is 9.18 Å². The number of Topliss-reactive ketones (excluding diaryl/α,β-unsaturated/α-hetero) is 1. The number of hydrogen-bond donors (Lipinski definition) is 3. The predicted octanol–water partition coefficient (Wildman–Crippen LogP) is 9.30. The maximum Gasteiger partial charge on any atom is 0.235 e. The number of allylic oxidation sites excluding steroid dienone is 2. The van der Waals surface area contributed by atoms with Crippen LogP contribution in [0.4, 0.5) is 30.4 Å². The van der Waals surface area contributed by atoms with Crippen LogP contribution in [0.15, 0.2) is 54.9 Å². The molecule has 4 aromatic rings. The summed E-state index contributed by atoms with van der Waals surface area (Å²) < 4.78 is 44.7. The molecule has 5 rings (SSSR count). The molecule has 0 amide bonds. The highest BCUT2D eigenvalue weighted by Gasteiger charge is 2.22.